The Morgan fingerprint density at radius 1 is 1.10 bits per heavy atom. The number of aliphatic imine (C=N–C) groups is 1. The number of nitrogens with two attached hydrogens (primary N) is 1. The average molecular weight is 456 g/mol. The highest BCUT2D eigenvalue weighted by atomic mass is 32.2. The molecule has 0 unspecified atom stereocenters. The summed E-state index contributed by atoms with van der Waals surface area (Å²) in [7, 11) is 0. The van der Waals surface area contributed by atoms with Gasteiger partial charge < -0.3 is 20.9 Å². The SMILES string of the molecule is NC(=NC(=S)Nc1ccc(N2CCC(N3CCCCC3)CC2)cc1)SCC1=CC=CC1. The summed E-state index contributed by atoms with van der Waals surface area (Å²) < 4.78 is 0. The fourth-order valence-corrected chi connectivity index (χ4v) is 5.55. The number of thiocarbonyl (C=S) groups is 1. The van der Waals surface area contributed by atoms with Crippen LogP contribution in [-0.4, -0.2) is 53.2 Å². The molecule has 2 aliphatic heterocycles. The van der Waals surface area contributed by atoms with E-state index in [1.807, 2.05) is 0 Å². The molecule has 3 aliphatic rings. The van der Waals surface area contributed by atoms with E-state index < -0.39 is 0 Å². The van der Waals surface area contributed by atoms with Crippen LogP contribution in [0.5, 0.6) is 0 Å². The predicted octanol–water partition coefficient (Wildman–Crippen LogP) is 4.77. The Hall–Kier alpha value is -1.83. The van der Waals surface area contributed by atoms with Gasteiger partial charge in [-0.05, 0) is 81.7 Å². The Balaban J connectivity index is 1.22. The third kappa shape index (κ3) is 6.57. The number of thioether (sulfide) groups is 1. The number of hydrogen-bond donors (Lipinski definition) is 2. The van der Waals surface area contributed by atoms with Crippen molar-refractivity contribution in [2.24, 2.45) is 10.7 Å². The summed E-state index contributed by atoms with van der Waals surface area (Å²) in [5.74, 6) is 0.855. The van der Waals surface area contributed by atoms with Crippen molar-refractivity contribution in [1.29, 1.82) is 0 Å². The Labute approximate surface area is 195 Å². The number of anilines is 2. The number of rotatable bonds is 5. The lowest BCUT2D eigenvalue weighted by atomic mass is 9.99. The summed E-state index contributed by atoms with van der Waals surface area (Å²) in [6.45, 7) is 4.86. The maximum Gasteiger partial charge on any atom is 0.199 e. The molecule has 0 atom stereocenters. The molecular formula is C24H33N5S2. The zero-order valence-electron chi connectivity index (χ0n) is 18.1. The molecule has 0 spiro atoms. The van der Waals surface area contributed by atoms with E-state index in [2.05, 4.69) is 62.6 Å². The van der Waals surface area contributed by atoms with E-state index in [1.165, 1.54) is 68.2 Å². The van der Waals surface area contributed by atoms with Crippen molar-refractivity contribution in [3.8, 4) is 0 Å². The molecule has 4 rings (SSSR count). The first kappa shape index (κ1) is 22.4. The summed E-state index contributed by atoms with van der Waals surface area (Å²) in [6, 6.07) is 9.27. The fourth-order valence-electron chi connectivity index (χ4n) is 4.58. The number of allylic oxidation sites excluding steroid dienone is 3. The van der Waals surface area contributed by atoms with Gasteiger partial charge in [0.15, 0.2) is 10.3 Å². The van der Waals surface area contributed by atoms with Crippen LogP contribution in [0.4, 0.5) is 11.4 Å². The van der Waals surface area contributed by atoms with Crippen LogP contribution in [0.2, 0.25) is 0 Å². The number of nitrogens with one attached hydrogen (secondary N) is 1. The first-order chi connectivity index (χ1) is 15.2. The van der Waals surface area contributed by atoms with E-state index in [1.54, 1.807) is 0 Å². The van der Waals surface area contributed by atoms with Gasteiger partial charge in [0.2, 0.25) is 0 Å². The minimum absolute atomic E-state index is 0.402. The van der Waals surface area contributed by atoms with Gasteiger partial charge in [0, 0.05) is 36.3 Å². The standard InChI is InChI=1S/C24H33N5S2/c25-23(31-18-19-6-2-3-7-19)27-24(30)26-20-8-10-21(11-9-20)29-16-12-22(13-17-29)28-14-4-1-5-15-28/h2-3,6,8-11,22H,1,4-5,7,12-18H2,(H3,25,26,27,30). The molecule has 5 nitrogen and oxygen atoms in total. The second-order valence-electron chi connectivity index (χ2n) is 8.49. The van der Waals surface area contributed by atoms with Gasteiger partial charge in [-0.15, -0.1) is 0 Å². The van der Waals surface area contributed by atoms with Gasteiger partial charge in [-0.1, -0.05) is 42.0 Å². The van der Waals surface area contributed by atoms with Crippen LogP contribution < -0.4 is 16.0 Å². The van der Waals surface area contributed by atoms with Crippen LogP contribution in [0.25, 0.3) is 0 Å². The van der Waals surface area contributed by atoms with E-state index in [0.717, 1.165) is 37.0 Å². The highest BCUT2D eigenvalue weighted by Gasteiger charge is 2.25. The number of amidine groups is 1. The normalized spacial score (nSPS) is 20.7. The van der Waals surface area contributed by atoms with Crippen LogP contribution in [0.3, 0.4) is 0 Å². The summed E-state index contributed by atoms with van der Waals surface area (Å²) in [5, 5.41) is 4.08. The smallest absolute Gasteiger partial charge is 0.199 e. The van der Waals surface area contributed by atoms with Gasteiger partial charge in [0.05, 0.1) is 0 Å². The monoisotopic (exact) mass is 455 g/mol. The third-order valence-electron chi connectivity index (χ3n) is 6.32. The molecule has 166 valence electrons. The maximum atomic E-state index is 6.02. The first-order valence-corrected chi connectivity index (χ1v) is 12.8. The topological polar surface area (TPSA) is 56.9 Å². The largest absolute Gasteiger partial charge is 0.378 e. The first-order valence-electron chi connectivity index (χ1n) is 11.4. The van der Waals surface area contributed by atoms with Crippen molar-refractivity contribution in [3.05, 3.63) is 48.1 Å². The van der Waals surface area contributed by atoms with E-state index in [9.17, 15) is 0 Å². The van der Waals surface area contributed by atoms with Crippen LogP contribution >= 0.6 is 24.0 Å². The fraction of sp³-hybridized carbons (Fsp3) is 0.500. The minimum atomic E-state index is 0.402. The van der Waals surface area contributed by atoms with Crippen molar-refractivity contribution < 1.29 is 0 Å². The minimum Gasteiger partial charge on any atom is -0.378 e. The Morgan fingerprint density at radius 3 is 2.52 bits per heavy atom. The molecule has 0 bridgehead atoms. The van der Waals surface area contributed by atoms with Crippen LogP contribution in [0.1, 0.15) is 38.5 Å². The van der Waals surface area contributed by atoms with E-state index in [-0.39, 0.29) is 0 Å². The molecule has 3 N–H and O–H groups in total. The molecular weight excluding hydrogens is 422 g/mol. The van der Waals surface area contributed by atoms with Crippen molar-refractivity contribution in [3.63, 3.8) is 0 Å². The summed E-state index contributed by atoms with van der Waals surface area (Å²) in [6.07, 6.45) is 14.1. The maximum absolute atomic E-state index is 6.02. The van der Waals surface area contributed by atoms with Gasteiger partial charge in [-0.2, -0.15) is 4.99 Å². The van der Waals surface area contributed by atoms with Crippen LogP contribution in [0.15, 0.2) is 53.1 Å². The lowest BCUT2D eigenvalue weighted by Crippen LogP contribution is -2.46. The molecule has 2 saturated heterocycles. The molecule has 0 radical (unpaired) electrons. The number of hydrogen-bond acceptors (Lipinski definition) is 4. The summed E-state index contributed by atoms with van der Waals surface area (Å²) in [4.78, 5) is 9.54. The molecule has 0 saturated carbocycles. The molecule has 0 aromatic heterocycles. The quantitative estimate of drug-likeness (QED) is 0.379. The number of nitrogens with zero attached hydrogens (tertiary/aromatic N) is 3. The van der Waals surface area contributed by atoms with Gasteiger partial charge in [-0.25, -0.2) is 0 Å². The Kier molecular flexibility index (Phi) is 8.05. The summed E-state index contributed by atoms with van der Waals surface area (Å²) in [5.41, 5.74) is 9.61. The molecule has 1 aliphatic carbocycles. The van der Waals surface area contributed by atoms with Gasteiger partial charge in [0.1, 0.15) is 0 Å². The lowest BCUT2D eigenvalue weighted by Gasteiger charge is -2.41. The molecule has 2 heterocycles. The highest BCUT2D eigenvalue weighted by Crippen LogP contribution is 2.26. The molecule has 0 amide bonds. The van der Waals surface area contributed by atoms with Crippen LogP contribution in [0, 0.1) is 0 Å². The van der Waals surface area contributed by atoms with Crippen molar-refractivity contribution in [1.82, 2.24) is 4.90 Å². The van der Waals surface area contributed by atoms with E-state index >= 15 is 0 Å². The van der Waals surface area contributed by atoms with Crippen molar-refractivity contribution in [2.45, 2.75) is 44.6 Å². The molecule has 1 aromatic rings. The highest BCUT2D eigenvalue weighted by molar-refractivity contribution is 8.14. The molecule has 2 fully saturated rings. The third-order valence-corrected chi connectivity index (χ3v) is 7.42. The molecule has 7 heteroatoms. The molecule has 31 heavy (non-hydrogen) atoms. The number of benzene rings is 1. The predicted molar refractivity (Wildman–Crippen MR) is 139 cm³/mol. The van der Waals surface area contributed by atoms with Gasteiger partial charge in [0.25, 0.3) is 0 Å². The number of likely N-dealkylation sites (tertiary alicyclic amines) is 1. The van der Waals surface area contributed by atoms with Crippen molar-refractivity contribution >= 4 is 45.6 Å². The Bertz CT molecular complexity index is 832. The zero-order valence-corrected chi connectivity index (χ0v) is 19.8. The second-order valence-corrected chi connectivity index (χ2v) is 9.87. The second kappa shape index (κ2) is 11.2. The zero-order chi connectivity index (χ0) is 21.5. The molecule has 1 aromatic carbocycles. The number of piperidine rings is 2. The Morgan fingerprint density at radius 2 is 1.84 bits per heavy atom. The average Bonchev–Trinajstić information content (AvgIpc) is 3.33. The van der Waals surface area contributed by atoms with Gasteiger partial charge in [-0.3, -0.25) is 0 Å². The van der Waals surface area contributed by atoms with Crippen LogP contribution in [-0.2, 0) is 0 Å². The van der Waals surface area contributed by atoms with E-state index in [0.29, 0.717) is 10.3 Å². The summed E-state index contributed by atoms with van der Waals surface area (Å²) >= 11 is 6.89. The lowest BCUT2D eigenvalue weighted by molar-refractivity contribution is 0.141. The van der Waals surface area contributed by atoms with E-state index in [4.69, 9.17) is 18.0 Å². The van der Waals surface area contributed by atoms with Gasteiger partial charge >= 0.3 is 0 Å². The van der Waals surface area contributed by atoms with Crippen molar-refractivity contribution in [2.75, 3.05) is 42.1 Å².